The number of nitrogens with zero attached hydrogens (tertiary/aromatic N) is 2. The highest BCUT2D eigenvalue weighted by molar-refractivity contribution is 5.76. The number of rotatable bonds is 7. The molecule has 0 radical (unpaired) electrons. The van der Waals surface area contributed by atoms with E-state index in [0.717, 1.165) is 37.0 Å². The topological polar surface area (TPSA) is 77.2 Å². The molecule has 1 N–H and O–H groups in total. The summed E-state index contributed by atoms with van der Waals surface area (Å²) in [4.78, 5) is 16.7. The third-order valence-corrected chi connectivity index (χ3v) is 4.60. The van der Waals surface area contributed by atoms with E-state index in [1.165, 1.54) is 0 Å². The smallest absolute Gasteiger partial charge is 0.223 e. The lowest BCUT2D eigenvalue weighted by molar-refractivity contribution is -0.123. The van der Waals surface area contributed by atoms with Crippen molar-refractivity contribution in [3.8, 4) is 5.75 Å². The fourth-order valence-corrected chi connectivity index (χ4v) is 3.33. The van der Waals surface area contributed by atoms with Gasteiger partial charge in [-0.05, 0) is 43.9 Å². The first-order valence-electron chi connectivity index (χ1n) is 8.89. The van der Waals surface area contributed by atoms with Crippen LogP contribution in [0.2, 0.25) is 0 Å². The molecule has 134 valence electrons. The number of hydrogen-bond acceptors (Lipinski definition) is 5. The number of amides is 1. The second kappa shape index (κ2) is 7.68. The maximum atomic E-state index is 12.4. The van der Waals surface area contributed by atoms with Gasteiger partial charge in [-0.3, -0.25) is 4.79 Å². The SMILES string of the molecule is Cc1cccc(OCCCC(=O)NC2(c3noc(C)n3)CCCC2)c1. The second-order valence-electron chi connectivity index (χ2n) is 6.74. The molecule has 6 nitrogen and oxygen atoms in total. The molecule has 1 amide bonds. The number of carbonyl (C=O) groups is 1. The minimum atomic E-state index is -0.466. The molecule has 0 atom stereocenters. The van der Waals surface area contributed by atoms with Crippen molar-refractivity contribution in [2.75, 3.05) is 6.61 Å². The molecule has 1 fully saturated rings. The van der Waals surface area contributed by atoms with E-state index in [-0.39, 0.29) is 5.91 Å². The summed E-state index contributed by atoms with van der Waals surface area (Å²) in [5.74, 6) is 1.99. The van der Waals surface area contributed by atoms with Crippen LogP contribution < -0.4 is 10.1 Å². The zero-order valence-electron chi connectivity index (χ0n) is 14.9. The quantitative estimate of drug-likeness (QED) is 0.779. The predicted octanol–water partition coefficient (Wildman–Crippen LogP) is 3.43. The first-order chi connectivity index (χ1) is 12.1. The van der Waals surface area contributed by atoms with E-state index in [4.69, 9.17) is 9.26 Å². The summed E-state index contributed by atoms with van der Waals surface area (Å²) < 4.78 is 10.8. The van der Waals surface area contributed by atoms with E-state index in [0.29, 0.717) is 31.2 Å². The summed E-state index contributed by atoms with van der Waals surface area (Å²) in [5.41, 5.74) is 0.695. The van der Waals surface area contributed by atoms with Gasteiger partial charge in [0, 0.05) is 13.3 Å². The van der Waals surface area contributed by atoms with Crippen LogP contribution in [0.25, 0.3) is 0 Å². The molecule has 6 heteroatoms. The van der Waals surface area contributed by atoms with Gasteiger partial charge in [-0.25, -0.2) is 0 Å². The lowest BCUT2D eigenvalue weighted by atomic mass is 9.96. The van der Waals surface area contributed by atoms with E-state index < -0.39 is 5.54 Å². The van der Waals surface area contributed by atoms with Gasteiger partial charge in [0.25, 0.3) is 0 Å². The van der Waals surface area contributed by atoms with Crippen molar-refractivity contribution < 1.29 is 14.1 Å². The van der Waals surface area contributed by atoms with Gasteiger partial charge in [-0.2, -0.15) is 4.98 Å². The Kier molecular flexibility index (Phi) is 5.36. The predicted molar refractivity (Wildman–Crippen MR) is 93.2 cm³/mol. The van der Waals surface area contributed by atoms with Crippen LogP contribution in [0.5, 0.6) is 5.75 Å². The zero-order valence-corrected chi connectivity index (χ0v) is 14.9. The molecule has 3 rings (SSSR count). The number of carbonyl (C=O) groups excluding carboxylic acids is 1. The Hall–Kier alpha value is -2.37. The highest BCUT2D eigenvalue weighted by Crippen LogP contribution is 2.37. The van der Waals surface area contributed by atoms with Gasteiger partial charge in [-0.1, -0.05) is 30.1 Å². The van der Waals surface area contributed by atoms with Crippen molar-refractivity contribution >= 4 is 5.91 Å². The molecule has 1 aromatic heterocycles. The number of nitrogens with one attached hydrogen (secondary N) is 1. The number of hydrogen-bond donors (Lipinski definition) is 1. The monoisotopic (exact) mass is 343 g/mol. The fourth-order valence-electron chi connectivity index (χ4n) is 3.33. The summed E-state index contributed by atoms with van der Waals surface area (Å²) >= 11 is 0. The first-order valence-corrected chi connectivity index (χ1v) is 8.89. The molecular formula is C19H25N3O3. The average Bonchev–Trinajstić information content (AvgIpc) is 3.22. The van der Waals surface area contributed by atoms with E-state index in [9.17, 15) is 4.79 Å². The van der Waals surface area contributed by atoms with E-state index in [1.807, 2.05) is 31.2 Å². The lowest BCUT2D eigenvalue weighted by Gasteiger charge is -2.26. The van der Waals surface area contributed by atoms with E-state index in [2.05, 4.69) is 15.5 Å². The van der Waals surface area contributed by atoms with Crippen molar-refractivity contribution in [3.05, 3.63) is 41.5 Å². The van der Waals surface area contributed by atoms with Gasteiger partial charge in [-0.15, -0.1) is 0 Å². The van der Waals surface area contributed by atoms with Gasteiger partial charge in [0.2, 0.25) is 11.8 Å². The van der Waals surface area contributed by atoms with Crippen LogP contribution in [-0.2, 0) is 10.3 Å². The Morgan fingerprint density at radius 1 is 1.32 bits per heavy atom. The third kappa shape index (κ3) is 4.38. The minimum absolute atomic E-state index is 0.0113. The molecule has 1 heterocycles. The van der Waals surface area contributed by atoms with Crippen LogP contribution in [0.15, 0.2) is 28.8 Å². The Balaban J connectivity index is 1.49. The van der Waals surface area contributed by atoms with E-state index in [1.54, 1.807) is 6.92 Å². The third-order valence-electron chi connectivity index (χ3n) is 4.60. The Bertz CT molecular complexity index is 720. The van der Waals surface area contributed by atoms with Crippen LogP contribution in [0.1, 0.15) is 55.8 Å². The largest absolute Gasteiger partial charge is 0.494 e. The summed E-state index contributed by atoms with van der Waals surface area (Å²) in [6, 6.07) is 7.92. The molecule has 1 aromatic carbocycles. The summed E-state index contributed by atoms with van der Waals surface area (Å²) in [7, 11) is 0. The molecule has 0 unspecified atom stereocenters. The van der Waals surface area contributed by atoms with Crippen molar-refractivity contribution in [1.82, 2.24) is 15.5 Å². The Labute approximate surface area is 148 Å². The minimum Gasteiger partial charge on any atom is -0.494 e. The molecule has 1 saturated carbocycles. The zero-order chi connectivity index (χ0) is 17.7. The Morgan fingerprint density at radius 2 is 2.12 bits per heavy atom. The first kappa shape index (κ1) is 17.5. The van der Waals surface area contributed by atoms with Crippen molar-refractivity contribution in [3.63, 3.8) is 0 Å². The maximum absolute atomic E-state index is 12.4. The summed E-state index contributed by atoms with van der Waals surface area (Å²) in [6.45, 7) is 4.32. The van der Waals surface area contributed by atoms with Crippen LogP contribution in [0.4, 0.5) is 0 Å². The lowest BCUT2D eigenvalue weighted by Crippen LogP contribution is -2.44. The normalized spacial score (nSPS) is 15.9. The standard InChI is InChI=1S/C19H25N3O3/c1-14-7-5-8-16(13-14)24-12-6-9-17(23)21-19(10-3-4-11-19)18-20-15(2)25-22-18/h5,7-8,13H,3-4,6,9-12H2,1-2H3,(H,21,23). The highest BCUT2D eigenvalue weighted by Gasteiger charge is 2.41. The fraction of sp³-hybridized carbons (Fsp3) is 0.526. The average molecular weight is 343 g/mol. The summed E-state index contributed by atoms with van der Waals surface area (Å²) in [5, 5.41) is 7.19. The molecule has 25 heavy (non-hydrogen) atoms. The molecule has 0 spiro atoms. The van der Waals surface area contributed by atoms with Crippen molar-refractivity contribution in [1.29, 1.82) is 0 Å². The van der Waals surface area contributed by atoms with Gasteiger partial charge >= 0.3 is 0 Å². The molecule has 2 aromatic rings. The number of aryl methyl sites for hydroxylation is 2. The molecular weight excluding hydrogens is 318 g/mol. The van der Waals surface area contributed by atoms with Gasteiger partial charge < -0.3 is 14.6 Å². The van der Waals surface area contributed by atoms with Crippen LogP contribution in [-0.4, -0.2) is 22.7 Å². The molecule has 1 aliphatic rings. The molecule has 0 aliphatic heterocycles. The van der Waals surface area contributed by atoms with E-state index >= 15 is 0 Å². The van der Waals surface area contributed by atoms with Gasteiger partial charge in [0.15, 0.2) is 5.82 Å². The number of benzene rings is 1. The van der Waals surface area contributed by atoms with Crippen LogP contribution in [0, 0.1) is 13.8 Å². The van der Waals surface area contributed by atoms with Crippen LogP contribution in [0.3, 0.4) is 0 Å². The van der Waals surface area contributed by atoms with Crippen molar-refractivity contribution in [2.24, 2.45) is 0 Å². The molecule has 0 saturated heterocycles. The van der Waals surface area contributed by atoms with Gasteiger partial charge in [0.05, 0.1) is 6.61 Å². The van der Waals surface area contributed by atoms with Crippen LogP contribution >= 0.6 is 0 Å². The summed E-state index contributed by atoms with van der Waals surface area (Å²) in [6.07, 6.45) is 4.93. The molecule has 1 aliphatic carbocycles. The number of ether oxygens (including phenoxy) is 1. The molecule has 0 bridgehead atoms. The Morgan fingerprint density at radius 3 is 2.80 bits per heavy atom. The highest BCUT2D eigenvalue weighted by atomic mass is 16.5. The number of aromatic nitrogens is 2. The van der Waals surface area contributed by atoms with Gasteiger partial charge in [0.1, 0.15) is 11.3 Å². The van der Waals surface area contributed by atoms with Crippen molar-refractivity contribution in [2.45, 2.75) is 57.9 Å². The second-order valence-corrected chi connectivity index (χ2v) is 6.74. The maximum Gasteiger partial charge on any atom is 0.223 e.